The van der Waals surface area contributed by atoms with Gasteiger partial charge in [-0.05, 0) is 55.0 Å². The largest absolute Gasteiger partial charge is 0.465 e. The number of esters is 1. The Morgan fingerprint density at radius 3 is 2.55 bits per heavy atom. The lowest BCUT2D eigenvalue weighted by atomic mass is 10.0. The number of carbonyl (C=O) groups is 1. The average molecular weight is 412 g/mol. The van der Waals surface area contributed by atoms with Crippen molar-refractivity contribution < 1.29 is 14.3 Å². The molecule has 1 fully saturated rings. The van der Waals surface area contributed by atoms with Crippen molar-refractivity contribution in [1.82, 2.24) is 0 Å². The molecule has 0 aliphatic carbocycles. The lowest BCUT2D eigenvalue weighted by Crippen LogP contribution is -2.17. The number of rotatable bonds is 4. The summed E-state index contributed by atoms with van der Waals surface area (Å²) in [4.78, 5) is 14.3. The third-order valence-corrected chi connectivity index (χ3v) is 5.53. The number of allylic oxidation sites excluding steroid dienone is 5. The molecule has 0 spiro atoms. The van der Waals surface area contributed by atoms with Gasteiger partial charge in [0.1, 0.15) is 23.2 Å². The molecular weight excluding hydrogens is 388 g/mol. The van der Waals surface area contributed by atoms with Gasteiger partial charge in [0.05, 0.1) is 7.11 Å². The predicted octanol–water partition coefficient (Wildman–Crippen LogP) is 5.26. The van der Waals surface area contributed by atoms with Gasteiger partial charge in [0.25, 0.3) is 0 Å². The number of nitrogens with zero attached hydrogens (tertiary/aromatic N) is 2. The third kappa shape index (κ3) is 4.24. The van der Waals surface area contributed by atoms with Gasteiger partial charge >= 0.3 is 5.97 Å². The Morgan fingerprint density at radius 1 is 1.10 bits per heavy atom. The Bertz CT molecular complexity index is 1190. The molecule has 2 heterocycles. The van der Waals surface area contributed by atoms with Crippen LogP contribution in [0.5, 0.6) is 0 Å². The number of ether oxygens (including phenoxy) is 2. The molecule has 0 unspecified atom stereocenters. The molecule has 0 bridgehead atoms. The lowest BCUT2D eigenvalue weighted by molar-refractivity contribution is -0.135. The van der Waals surface area contributed by atoms with E-state index in [0.29, 0.717) is 17.1 Å². The Hall–Kier alpha value is -3.78. The molecule has 2 aromatic carbocycles. The molecule has 5 heteroatoms. The minimum absolute atomic E-state index is 0.0449. The summed E-state index contributed by atoms with van der Waals surface area (Å²) in [6, 6.07) is 14.7. The zero-order valence-electron chi connectivity index (χ0n) is 17.7. The monoisotopic (exact) mass is 412 g/mol. The van der Waals surface area contributed by atoms with Gasteiger partial charge in [-0.1, -0.05) is 36.4 Å². The molecule has 2 aromatic rings. The van der Waals surface area contributed by atoms with E-state index < -0.39 is 5.97 Å². The number of hydrogen-bond donors (Lipinski definition) is 0. The van der Waals surface area contributed by atoms with Gasteiger partial charge in [-0.3, -0.25) is 0 Å². The first kappa shape index (κ1) is 20.5. The van der Waals surface area contributed by atoms with E-state index in [1.807, 2.05) is 24.3 Å². The van der Waals surface area contributed by atoms with Crippen LogP contribution >= 0.6 is 0 Å². The maximum atomic E-state index is 11.9. The summed E-state index contributed by atoms with van der Waals surface area (Å²) in [5.74, 6) is 0.494. The second-order valence-corrected chi connectivity index (χ2v) is 7.58. The summed E-state index contributed by atoms with van der Waals surface area (Å²) in [5.41, 5.74) is 2.79. The van der Waals surface area contributed by atoms with Crippen molar-refractivity contribution in [3.8, 4) is 6.07 Å². The first-order valence-electron chi connectivity index (χ1n) is 10.4. The van der Waals surface area contributed by atoms with Crippen molar-refractivity contribution >= 4 is 28.5 Å². The first-order chi connectivity index (χ1) is 15.1. The van der Waals surface area contributed by atoms with Crippen LogP contribution in [0, 0.1) is 11.3 Å². The summed E-state index contributed by atoms with van der Waals surface area (Å²) >= 11 is 0. The summed E-state index contributed by atoms with van der Waals surface area (Å²) in [5, 5.41) is 11.8. The summed E-state index contributed by atoms with van der Waals surface area (Å²) < 4.78 is 10.5. The number of hydrogen-bond acceptors (Lipinski definition) is 5. The van der Waals surface area contributed by atoms with E-state index in [9.17, 15) is 10.1 Å². The van der Waals surface area contributed by atoms with Gasteiger partial charge in [0, 0.05) is 29.7 Å². The fourth-order valence-corrected chi connectivity index (χ4v) is 4.07. The minimum Gasteiger partial charge on any atom is -0.465 e. The fraction of sp³-hybridized carbons (Fsp3) is 0.231. The van der Waals surface area contributed by atoms with Crippen LogP contribution in [0.3, 0.4) is 0 Å². The van der Waals surface area contributed by atoms with Gasteiger partial charge in [-0.25, -0.2) is 4.79 Å². The van der Waals surface area contributed by atoms with E-state index in [2.05, 4.69) is 35.2 Å². The van der Waals surface area contributed by atoms with E-state index in [1.54, 1.807) is 19.1 Å². The minimum atomic E-state index is -0.661. The number of nitriles is 1. The molecule has 5 nitrogen and oxygen atoms in total. The van der Waals surface area contributed by atoms with Crippen molar-refractivity contribution in [1.29, 1.82) is 5.26 Å². The maximum absolute atomic E-state index is 11.9. The van der Waals surface area contributed by atoms with Crippen LogP contribution in [0.25, 0.3) is 16.8 Å². The molecule has 2 aliphatic rings. The SMILES string of the molecule is COC(=O)/C(C#N)=C1/C=C(C)OC(C=Cc2ccc(N3CCCC3)c3ccccc23)=C1. The van der Waals surface area contributed by atoms with Gasteiger partial charge in [-0.2, -0.15) is 5.26 Å². The molecule has 1 saturated heterocycles. The van der Waals surface area contributed by atoms with Crippen LogP contribution in [0.2, 0.25) is 0 Å². The quantitative estimate of drug-likeness (QED) is 0.389. The molecule has 2 aliphatic heterocycles. The van der Waals surface area contributed by atoms with Gasteiger partial charge < -0.3 is 14.4 Å². The number of carbonyl (C=O) groups excluding carboxylic acids is 1. The van der Waals surface area contributed by atoms with E-state index in [4.69, 9.17) is 9.47 Å². The third-order valence-electron chi connectivity index (χ3n) is 5.53. The van der Waals surface area contributed by atoms with E-state index in [1.165, 1.54) is 36.4 Å². The summed E-state index contributed by atoms with van der Waals surface area (Å²) in [7, 11) is 1.26. The molecule has 0 aromatic heterocycles. The average Bonchev–Trinajstić information content (AvgIpc) is 3.32. The smallest absolute Gasteiger partial charge is 0.349 e. The van der Waals surface area contributed by atoms with Crippen LogP contribution in [0.15, 0.2) is 77.3 Å². The van der Waals surface area contributed by atoms with Crippen LogP contribution in [0.1, 0.15) is 25.3 Å². The molecule has 156 valence electrons. The zero-order chi connectivity index (χ0) is 21.8. The van der Waals surface area contributed by atoms with Crippen molar-refractivity contribution in [3.05, 3.63) is 82.9 Å². The first-order valence-corrected chi connectivity index (χ1v) is 10.4. The standard InChI is InChI=1S/C26H24N2O3/c1-18-15-20(24(17-27)26(29)30-2)16-21(31-18)11-9-19-10-12-25(28-13-5-6-14-28)23-8-4-3-7-22(19)23/h3-4,7-12,15-16H,5-6,13-14H2,1-2H3/b11-9?,24-20-. The van der Waals surface area contributed by atoms with Crippen molar-refractivity contribution in [2.45, 2.75) is 19.8 Å². The second-order valence-electron chi connectivity index (χ2n) is 7.58. The molecule has 0 atom stereocenters. The highest BCUT2D eigenvalue weighted by atomic mass is 16.5. The Labute approximate surface area is 182 Å². The second kappa shape index (κ2) is 8.93. The maximum Gasteiger partial charge on any atom is 0.349 e. The fourth-order valence-electron chi connectivity index (χ4n) is 4.07. The highest BCUT2D eigenvalue weighted by molar-refractivity contribution is 5.99. The highest BCUT2D eigenvalue weighted by Gasteiger charge is 2.18. The van der Waals surface area contributed by atoms with Crippen LogP contribution in [-0.4, -0.2) is 26.2 Å². The molecule has 0 saturated carbocycles. The van der Waals surface area contributed by atoms with Crippen molar-refractivity contribution in [2.24, 2.45) is 0 Å². The Morgan fingerprint density at radius 2 is 1.84 bits per heavy atom. The number of fused-ring (bicyclic) bond motifs is 1. The molecule has 0 radical (unpaired) electrons. The number of benzene rings is 2. The topological polar surface area (TPSA) is 62.6 Å². The lowest BCUT2D eigenvalue weighted by Gasteiger charge is -2.20. The van der Waals surface area contributed by atoms with Crippen molar-refractivity contribution in [3.63, 3.8) is 0 Å². The van der Waals surface area contributed by atoms with Crippen molar-refractivity contribution in [2.75, 3.05) is 25.1 Å². The van der Waals surface area contributed by atoms with E-state index >= 15 is 0 Å². The predicted molar refractivity (Wildman–Crippen MR) is 122 cm³/mol. The highest BCUT2D eigenvalue weighted by Crippen LogP contribution is 2.32. The molecule has 0 amide bonds. The normalized spacial score (nSPS) is 17.8. The summed E-state index contributed by atoms with van der Waals surface area (Å²) in [6.07, 6.45) is 9.68. The molecule has 31 heavy (non-hydrogen) atoms. The Kier molecular flexibility index (Phi) is 5.90. The molecular formula is C26H24N2O3. The van der Waals surface area contributed by atoms with E-state index in [-0.39, 0.29) is 5.57 Å². The van der Waals surface area contributed by atoms with Crippen LogP contribution < -0.4 is 4.90 Å². The number of anilines is 1. The van der Waals surface area contributed by atoms with Crippen LogP contribution in [-0.2, 0) is 14.3 Å². The van der Waals surface area contributed by atoms with Gasteiger partial charge in [0.2, 0.25) is 0 Å². The van der Waals surface area contributed by atoms with E-state index in [0.717, 1.165) is 18.7 Å². The summed E-state index contributed by atoms with van der Waals surface area (Å²) in [6.45, 7) is 3.98. The number of methoxy groups -OCH3 is 1. The molecule has 0 N–H and O–H groups in total. The zero-order valence-corrected chi connectivity index (χ0v) is 17.7. The Balaban J connectivity index is 1.70. The van der Waals surface area contributed by atoms with Gasteiger partial charge in [0.15, 0.2) is 0 Å². The molecule has 4 rings (SSSR count). The van der Waals surface area contributed by atoms with Crippen LogP contribution in [0.4, 0.5) is 5.69 Å². The van der Waals surface area contributed by atoms with Gasteiger partial charge in [-0.15, -0.1) is 0 Å².